The molecule has 0 aliphatic carbocycles. The van der Waals surface area contributed by atoms with Crippen LogP contribution in [0.5, 0.6) is 5.75 Å². The van der Waals surface area contributed by atoms with Crippen molar-refractivity contribution in [2.45, 2.75) is 19.8 Å². The summed E-state index contributed by atoms with van der Waals surface area (Å²) in [7, 11) is -1.63. The van der Waals surface area contributed by atoms with E-state index in [0.717, 1.165) is 19.0 Å². The average Bonchev–Trinajstić information content (AvgIpc) is 2.38. The maximum absolute atomic E-state index is 13.6. The fraction of sp³-hybridized carbons (Fsp3) is 0.538. The van der Waals surface area contributed by atoms with Gasteiger partial charge >= 0.3 is 0 Å². The first-order valence-corrected chi connectivity index (χ1v) is 8.21. The van der Waals surface area contributed by atoms with Crippen molar-refractivity contribution in [3.63, 3.8) is 0 Å². The second-order valence-corrected chi connectivity index (χ2v) is 6.15. The molecule has 0 bridgehead atoms. The number of hydrogen-bond donors (Lipinski definition) is 2. The minimum absolute atomic E-state index is 0.0174. The fourth-order valence-corrected chi connectivity index (χ4v) is 2.83. The average molecular weight is 304 g/mol. The number of rotatable bonds is 9. The van der Waals surface area contributed by atoms with E-state index in [1.54, 1.807) is 6.92 Å². The SMILES string of the molecule is CCOc1ccc(NS(=O)(=O)CCCCNC)cc1F. The van der Waals surface area contributed by atoms with E-state index in [0.29, 0.717) is 13.0 Å². The van der Waals surface area contributed by atoms with E-state index in [1.807, 2.05) is 7.05 Å². The highest BCUT2D eigenvalue weighted by Crippen LogP contribution is 2.21. The molecule has 0 spiro atoms. The van der Waals surface area contributed by atoms with Crippen LogP contribution in [0.2, 0.25) is 0 Å². The van der Waals surface area contributed by atoms with Crippen molar-refractivity contribution in [1.82, 2.24) is 5.32 Å². The number of benzene rings is 1. The Bertz CT molecular complexity index is 520. The highest BCUT2D eigenvalue weighted by molar-refractivity contribution is 7.92. The summed E-state index contributed by atoms with van der Waals surface area (Å²) in [5.74, 6) is -0.449. The quantitative estimate of drug-likeness (QED) is 0.684. The van der Waals surface area contributed by atoms with E-state index < -0.39 is 15.8 Å². The number of anilines is 1. The van der Waals surface area contributed by atoms with Crippen LogP contribution in [0.15, 0.2) is 18.2 Å². The van der Waals surface area contributed by atoms with Crippen LogP contribution in [0.25, 0.3) is 0 Å². The molecule has 0 amide bonds. The number of nitrogens with one attached hydrogen (secondary N) is 2. The Morgan fingerprint density at radius 2 is 2.05 bits per heavy atom. The molecule has 1 aromatic rings. The van der Waals surface area contributed by atoms with E-state index in [9.17, 15) is 12.8 Å². The molecule has 0 atom stereocenters. The van der Waals surface area contributed by atoms with E-state index in [2.05, 4.69) is 10.0 Å². The third-order valence-corrected chi connectivity index (χ3v) is 3.97. The monoisotopic (exact) mass is 304 g/mol. The van der Waals surface area contributed by atoms with Gasteiger partial charge in [-0.15, -0.1) is 0 Å². The van der Waals surface area contributed by atoms with Crippen molar-refractivity contribution < 1.29 is 17.5 Å². The van der Waals surface area contributed by atoms with Crippen LogP contribution in [-0.2, 0) is 10.0 Å². The van der Waals surface area contributed by atoms with Crippen LogP contribution in [0, 0.1) is 5.82 Å². The maximum Gasteiger partial charge on any atom is 0.232 e. The van der Waals surface area contributed by atoms with Crippen molar-refractivity contribution in [3.8, 4) is 5.75 Å². The van der Waals surface area contributed by atoms with Crippen LogP contribution in [0.3, 0.4) is 0 Å². The van der Waals surface area contributed by atoms with E-state index >= 15 is 0 Å². The Balaban J connectivity index is 2.61. The van der Waals surface area contributed by atoms with Gasteiger partial charge in [0, 0.05) is 6.07 Å². The van der Waals surface area contributed by atoms with E-state index in [1.165, 1.54) is 12.1 Å². The molecule has 0 aliphatic rings. The standard InChI is InChI=1S/C13H21FN2O3S/c1-3-19-13-7-6-11(10-12(13)14)16-20(17,18)9-5-4-8-15-2/h6-7,10,15-16H,3-5,8-9H2,1-2H3. The highest BCUT2D eigenvalue weighted by atomic mass is 32.2. The van der Waals surface area contributed by atoms with Crippen LogP contribution >= 0.6 is 0 Å². The van der Waals surface area contributed by atoms with Gasteiger partial charge in [0.25, 0.3) is 0 Å². The van der Waals surface area contributed by atoms with Crippen molar-refractivity contribution in [2.75, 3.05) is 30.7 Å². The van der Waals surface area contributed by atoms with Gasteiger partial charge in [-0.25, -0.2) is 12.8 Å². The van der Waals surface area contributed by atoms with Gasteiger partial charge in [0.15, 0.2) is 11.6 Å². The molecular weight excluding hydrogens is 283 g/mol. The Morgan fingerprint density at radius 3 is 2.65 bits per heavy atom. The zero-order valence-corrected chi connectivity index (χ0v) is 12.6. The van der Waals surface area contributed by atoms with Crippen LogP contribution in [0.1, 0.15) is 19.8 Å². The van der Waals surface area contributed by atoms with Gasteiger partial charge in [-0.2, -0.15) is 0 Å². The minimum Gasteiger partial charge on any atom is -0.491 e. The zero-order valence-electron chi connectivity index (χ0n) is 11.8. The third-order valence-electron chi connectivity index (χ3n) is 2.59. The lowest BCUT2D eigenvalue weighted by molar-refractivity contribution is 0.321. The topological polar surface area (TPSA) is 67.4 Å². The van der Waals surface area contributed by atoms with Crippen LogP contribution in [0.4, 0.5) is 10.1 Å². The normalized spacial score (nSPS) is 11.3. The van der Waals surface area contributed by atoms with Crippen molar-refractivity contribution in [2.24, 2.45) is 0 Å². The van der Waals surface area contributed by atoms with Gasteiger partial charge in [0.1, 0.15) is 0 Å². The summed E-state index contributed by atoms with van der Waals surface area (Å²) < 4.78 is 44.6. The highest BCUT2D eigenvalue weighted by Gasteiger charge is 2.12. The van der Waals surface area contributed by atoms with Gasteiger partial charge < -0.3 is 10.1 Å². The molecule has 1 aromatic carbocycles. The van der Waals surface area contributed by atoms with Gasteiger partial charge in [-0.3, -0.25) is 4.72 Å². The first-order chi connectivity index (χ1) is 9.48. The summed E-state index contributed by atoms with van der Waals surface area (Å²) in [4.78, 5) is 0. The molecule has 5 nitrogen and oxygen atoms in total. The first kappa shape index (κ1) is 16.7. The summed E-state index contributed by atoms with van der Waals surface area (Å²) >= 11 is 0. The van der Waals surface area contributed by atoms with Crippen LogP contribution in [-0.4, -0.2) is 34.4 Å². The summed E-state index contributed by atoms with van der Waals surface area (Å²) in [6.07, 6.45) is 1.32. The molecule has 0 saturated heterocycles. The Morgan fingerprint density at radius 1 is 1.30 bits per heavy atom. The molecular formula is C13H21FN2O3S. The predicted molar refractivity (Wildman–Crippen MR) is 78.1 cm³/mol. The molecule has 0 radical (unpaired) electrons. The minimum atomic E-state index is -3.44. The fourth-order valence-electron chi connectivity index (χ4n) is 1.66. The molecule has 7 heteroatoms. The Hall–Kier alpha value is -1.34. The lowest BCUT2D eigenvalue weighted by atomic mass is 10.3. The molecule has 0 saturated carbocycles. The number of halogens is 1. The molecule has 0 aliphatic heterocycles. The predicted octanol–water partition coefficient (Wildman–Crippen LogP) is 1.97. The molecule has 1 rings (SSSR count). The zero-order chi connectivity index (χ0) is 15.0. The van der Waals surface area contributed by atoms with E-state index in [4.69, 9.17) is 4.74 Å². The molecule has 2 N–H and O–H groups in total. The number of ether oxygens (including phenoxy) is 1. The summed E-state index contributed by atoms with van der Waals surface area (Å²) in [5.41, 5.74) is 0.208. The molecule has 114 valence electrons. The maximum atomic E-state index is 13.6. The van der Waals surface area contributed by atoms with Gasteiger partial charge in [-0.05, 0) is 45.5 Å². The van der Waals surface area contributed by atoms with Crippen LogP contribution < -0.4 is 14.8 Å². The second kappa shape index (κ2) is 8.06. The van der Waals surface area contributed by atoms with Crippen molar-refractivity contribution in [3.05, 3.63) is 24.0 Å². The van der Waals surface area contributed by atoms with Gasteiger partial charge in [0.2, 0.25) is 10.0 Å². The number of unbranched alkanes of at least 4 members (excludes halogenated alkanes) is 1. The number of hydrogen-bond acceptors (Lipinski definition) is 4. The largest absolute Gasteiger partial charge is 0.491 e. The third kappa shape index (κ3) is 5.75. The summed E-state index contributed by atoms with van der Waals surface area (Å²) in [6, 6.07) is 4.02. The second-order valence-electron chi connectivity index (χ2n) is 4.31. The molecule has 0 fully saturated rings. The summed E-state index contributed by atoms with van der Waals surface area (Å²) in [6.45, 7) is 2.88. The molecule has 0 aromatic heterocycles. The molecule has 0 unspecified atom stereocenters. The molecule has 0 heterocycles. The Kier molecular flexibility index (Phi) is 6.74. The molecule has 20 heavy (non-hydrogen) atoms. The number of sulfonamides is 1. The van der Waals surface area contributed by atoms with Gasteiger partial charge in [0.05, 0.1) is 18.0 Å². The summed E-state index contributed by atoms with van der Waals surface area (Å²) in [5, 5.41) is 2.95. The smallest absolute Gasteiger partial charge is 0.232 e. The van der Waals surface area contributed by atoms with Crippen molar-refractivity contribution in [1.29, 1.82) is 0 Å². The van der Waals surface area contributed by atoms with E-state index in [-0.39, 0.29) is 17.2 Å². The Labute approximate surface area is 119 Å². The van der Waals surface area contributed by atoms with Crippen molar-refractivity contribution >= 4 is 15.7 Å². The first-order valence-electron chi connectivity index (χ1n) is 6.56. The lowest BCUT2D eigenvalue weighted by Gasteiger charge is -2.10. The lowest BCUT2D eigenvalue weighted by Crippen LogP contribution is -2.18. The van der Waals surface area contributed by atoms with Gasteiger partial charge in [-0.1, -0.05) is 0 Å².